The highest BCUT2D eigenvalue weighted by Gasteiger charge is 2.41. The third-order valence-electron chi connectivity index (χ3n) is 6.70. The summed E-state index contributed by atoms with van der Waals surface area (Å²) in [6.45, 7) is 6.85. The first kappa shape index (κ1) is 20.3. The molecule has 1 aromatic carbocycles. The predicted octanol–water partition coefficient (Wildman–Crippen LogP) is 4.43. The molecule has 3 aliphatic rings. The van der Waals surface area contributed by atoms with Crippen LogP contribution < -0.4 is 5.32 Å². The standard InChI is InChI=1S/C25H28N4OS/c1-16-5-7-18(8-6-16)25(30)26-14-20-12-19-9-10-29(20)15-21(19)22-13-23(28-17(2)27-22)24-4-3-11-31-24/h3-8,11,13,19-21H,9-10,12,14-15H2,1-2H3,(H,26,30). The summed E-state index contributed by atoms with van der Waals surface area (Å²) < 4.78 is 0. The molecular formula is C25H28N4OS. The number of fused-ring (bicyclic) bond motifs is 3. The number of nitrogens with zero attached hydrogens (tertiary/aromatic N) is 3. The molecule has 0 radical (unpaired) electrons. The summed E-state index contributed by atoms with van der Waals surface area (Å²) in [5.74, 6) is 1.92. The average Bonchev–Trinajstić information content (AvgIpc) is 3.33. The lowest BCUT2D eigenvalue weighted by atomic mass is 9.74. The molecule has 2 aromatic heterocycles. The summed E-state index contributed by atoms with van der Waals surface area (Å²) in [6, 6.07) is 14.6. The number of benzene rings is 1. The molecule has 5 heterocycles. The van der Waals surface area contributed by atoms with E-state index >= 15 is 0 Å². The zero-order valence-electron chi connectivity index (χ0n) is 18.0. The van der Waals surface area contributed by atoms with Gasteiger partial charge >= 0.3 is 0 Å². The maximum atomic E-state index is 12.5. The second-order valence-electron chi connectivity index (χ2n) is 8.82. The Labute approximate surface area is 187 Å². The number of aryl methyl sites for hydroxylation is 2. The van der Waals surface area contributed by atoms with E-state index in [4.69, 9.17) is 4.98 Å². The molecule has 4 atom stereocenters. The summed E-state index contributed by atoms with van der Waals surface area (Å²) in [4.78, 5) is 25.8. The first-order valence-electron chi connectivity index (χ1n) is 11.0. The largest absolute Gasteiger partial charge is 0.350 e. The van der Waals surface area contributed by atoms with E-state index in [1.54, 1.807) is 11.3 Å². The van der Waals surface area contributed by atoms with Crippen molar-refractivity contribution in [3.8, 4) is 10.6 Å². The van der Waals surface area contributed by atoms with Crippen LogP contribution in [0.3, 0.4) is 0 Å². The van der Waals surface area contributed by atoms with Crippen molar-refractivity contribution < 1.29 is 4.79 Å². The molecule has 4 unspecified atom stereocenters. The molecule has 31 heavy (non-hydrogen) atoms. The Balaban J connectivity index is 1.26. The van der Waals surface area contributed by atoms with Crippen LogP contribution in [0.15, 0.2) is 47.8 Å². The van der Waals surface area contributed by atoms with Gasteiger partial charge in [-0.05, 0) is 68.8 Å². The zero-order valence-corrected chi connectivity index (χ0v) is 18.9. The Hall–Kier alpha value is -2.57. The molecule has 6 rings (SSSR count). The minimum Gasteiger partial charge on any atom is -0.350 e. The molecule has 6 heteroatoms. The number of hydrogen-bond acceptors (Lipinski definition) is 5. The van der Waals surface area contributed by atoms with Crippen molar-refractivity contribution in [2.75, 3.05) is 19.6 Å². The Kier molecular flexibility index (Phi) is 5.59. The topological polar surface area (TPSA) is 58.1 Å². The van der Waals surface area contributed by atoms with Crippen LogP contribution in [0.4, 0.5) is 0 Å². The van der Waals surface area contributed by atoms with Crippen molar-refractivity contribution in [1.82, 2.24) is 20.2 Å². The van der Waals surface area contributed by atoms with E-state index in [1.165, 1.54) is 22.6 Å². The molecular weight excluding hydrogens is 404 g/mol. The molecule has 1 N–H and O–H groups in total. The van der Waals surface area contributed by atoms with Crippen molar-refractivity contribution in [2.24, 2.45) is 5.92 Å². The van der Waals surface area contributed by atoms with E-state index in [0.29, 0.717) is 24.4 Å². The summed E-state index contributed by atoms with van der Waals surface area (Å²) >= 11 is 1.72. The van der Waals surface area contributed by atoms with E-state index < -0.39 is 0 Å². The summed E-state index contributed by atoms with van der Waals surface area (Å²) in [6.07, 6.45) is 2.31. The number of nitrogens with one attached hydrogen (secondary N) is 1. The minimum atomic E-state index is 0.0196. The normalized spacial score (nSPS) is 24.8. The number of hydrogen-bond donors (Lipinski definition) is 1. The van der Waals surface area contributed by atoms with Gasteiger partial charge in [-0.15, -0.1) is 11.3 Å². The Morgan fingerprint density at radius 2 is 2.03 bits per heavy atom. The predicted molar refractivity (Wildman–Crippen MR) is 124 cm³/mol. The Bertz CT molecular complexity index is 1060. The second kappa shape index (κ2) is 8.52. The number of aromatic nitrogens is 2. The zero-order chi connectivity index (χ0) is 21.4. The van der Waals surface area contributed by atoms with Crippen LogP contribution in [-0.2, 0) is 0 Å². The molecule has 2 bridgehead atoms. The van der Waals surface area contributed by atoms with Crippen LogP contribution in [-0.4, -0.2) is 46.5 Å². The van der Waals surface area contributed by atoms with Gasteiger partial charge in [-0.25, -0.2) is 9.97 Å². The number of carbonyl (C=O) groups is 1. The van der Waals surface area contributed by atoms with Crippen LogP contribution in [0.5, 0.6) is 0 Å². The van der Waals surface area contributed by atoms with Gasteiger partial charge in [0.1, 0.15) is 5.82 Å². The van der Waals surface area contributed by atoms with Crippen molar-refractivity contribution >= 4 is 17.2 Å². The number of thiophene rings is 1. The van der Waals surface area contributed by atoms with Gasteiger partial charge in [0, 0.05) is 36.3 Å². The Morgan fingerprint density at radius 3 is 2.74 bits per heavy atom. The Morgan fingerprint density at radius 1 is 1.19 bits per heavy atom. The fourth-order valence-electron chi connectivity index (χ4n) is 5.03. The minimum absolute atomic E-state index is 0.0196. The van der Waals surface area contributed by atoms with E-state index in [9.17, 15) is 4.79 Å². The van der Waals surface area contributed by atoms with Gasteiger partial charge in [-0.1, -0.05) is 23.8 Å². The van der Waals surface area contributed by atoms with Gasteiger partial charge in [0.15, 0.2) is 0 Å². The van der Waals surface area contributed by atoms with Crippen molar-refractivity contribution in [1.29, 1.82) is 0 Å². The highest BCUT2D eigenvalue weighted by molar-refractivity contribution is 7.13. The van der Waals surface area contributed by atoms with E-state index in [0.717, 1.165) is 36.6 Å². The maximum absolute atomic E-state index is 12.5. The fourth-order valence-corrected chi connectivity index (χ4v) is 5.72. The summed E-state index contributed by atoms with van der Waals surface area (Å²) in [5, 5.41) is 5.25. The van der Waals surface area contributed by atoms with E-state index in [2.05, 4.69) is 38.8 Å². The van der Waals surface area contributed by atoms with Gasteiger partial charge < -0.3 is 5.32 Å². The molecule has 0 spiro atoms. The third kappa shape index (κ3) is 4.27. The molecule has 160 valence electrons. The fraction of sp³-hybridized carbons (Fsp3) is 0.400. The molecule has 3 aromatic rings. The molecule has 5 nitrogen and oxygen atoms in total. The van der Waals surface area contributed by atoms with Crippen molar-refractivity contribution in [3.05, 3.63) is 70.5 Å². The van der Waals surface area contributed by atoms with Gasteiger partial charge in [-0.2, -0.15) is 0 Å². The SMILES string of the molecule is Cc1ccc(C(=O)NCC2CC3CCN2CC3c2cc(-c3cccs3)nc(C)n2)cc1. The first-order valence-corrected chi connectivity index (χ1v) is 11.9. The molecule has 3 aliphatic heterocycles. The molecule has 0 saturated carbocycles. The lowest BCUT2D eigenvalue weighted by Gasteiger charge is -2.49. The monoisotopic (exact) mass is 432 g/mol. The number of amides is 1. The van der Waals surface area contributed by atoms with Crippen LogP contribution in [0.25, 0.3) is 10.6 Å². The third-order valence-corrected chi connectivity index (χ3v) is 7.59. The first-order chi connectivity index (χ1) is 15.1. The van der Waals surface area contributed by atoms with E-state index in [-0.39, 0.29) is 5.91 Å². The number of piperidine rings is 3. The van der Waals surface area contributed by atoms with Gasteiger partial charge in [0.05, 0.1) is 10.6 Å². The van der Waals surface area contributed by atoms with Gasteiger partial charge in [0.2, 0.25) is 0 Å². The van der Waals surface area contributed by atoms with E-state index in [1.807, 2.05) is 38.1 Å². The second-order valence-corrected chi connectivity index (χ2v) is 9.77. The van der Waals surface area contributed by atoms with Crippen molar-refractivity contribution in [3.63, 3.8) is 0 Å². The lowest BCUT2D eigenvalue weighted by molar-refractivity contribution is 0.0290. The van der Waals surface area contributed by atoms with Crippen LogP contribution >= 0.6 is 11.3 Å². The summed E-state index contributed by atoms with van der Waals surface area (Å²) in [5.41, 5.74) is 4.11. The molecule has 3 saturated heterocycles. The summed E-state index contributed by atoms with van der Waals surface area (Å²) in [7, 11) is 0. The maximum Gasteiger partial charge on any atom is 0.251 e. The van der Waals surface area contributed by atoms with Crippen LogP contribution in [0.2, 0.25) is 0 Å². The lowest BCUT2D eigenvalue weighted by Crippen LogP contribution is -2.56. The van der Waals surface area contributed by atoms with Crippen molar-refractivity contribution in [2.45, 2.75) is 38.6 Å². The molecule has 1 amide bonds. The van der Waals surface area contributed by atoms with Gasteiger partial charge in [-0.3, -0.25) is 9.69 Å². The average molecular weight is 433 g/mol. The van der Waals surface area contributed by atoms with Crippen LogP contribution in [0.1, 0.15) is 46.2 Å². The smallest absolute Gasteiger partial charge is 0.251 e. The highest BCUT2D eigenvalue weighted by atomic mass is 32.1. The van der Waals surface area contributed by atoms with Crippen LogP contribution in [0, 0.1) is 19.8 Å². The highest BCUT2D eigenvalue weighted by Crippen LogP contribution is 2.41. The quantitative estimate of drug-likeness (QED) is 0.648. The number of rotatable bonds is 5. The molecule has 0 aliphatic carbocycles. The molecule has 3 fully saturated rings. The van der Waals surface area contributed by atoms with Gasteiger partial charge in [0.25, 0.3) is 5.91 Å². The number of carbonyl (C=O) groups excluding carboxylic acids is 1.